The molecule has 0 unspecified atom stereocenters. The zero-order valence-electron chi connectivity index (χ0n) is 16.4. The van der Waals surface area contributed by atoms with Gasteiger partial charge in [0.05, 0.1) is 12.1 Å². The van der Waals surface area contributed by atoms with Gasteiger partial charge < -0.3 is 14.6 Å². The van der Waals surface area contributed by atoms with E-state index in [0.717, 1.165) is 27.3 Å². The molecule has 154 valence electrons. The van der Waals surface area contributed by atoms with E-state index in [1.54, 1.807) is 31.0 Å². The molecule has 3 aromatic rings. The summed E-state index contributed by atoms with van der Waals surface area (Å²) in [5.74, 6) is 0.911. The van der Waals surface area contributed by atoms with E-state index >= 15 is 0 Å². The number of thioether (sulfide) groups is 1. The Morgan fingerprint density at radius 1 is 1.07 bits per heavy atom. The van der Waals surface area contributed by atoms with Gasteiger partial charge >= 0.3 is 5.97 Å². The summed E-state index contributed by atoms with van der Waals surface area (Å²) in [6.07, 6.45) is 2.16. The minimum Gasteiger partial charge on any atom is -0.496 e. The van der Waals surface area contributed by atoms with Crippen molar-refractivity contribution in [2.45, 2.75) is 4.90 Å². The number of hydrogen-bond acceptors (Lipinski definition) is 4. The van der Waals surface area contributed by atoms with Crippen molar-refractivity contribution in [3.63, 3.8) is 0 Å². The highest BCUT2D eigenvalue weighted by Crippen LogP contribution is 2.34. The molecule has 0 aliphatic rings. The van der Waals surface area contributed by atoms with Gasteiger partial charge in [-0.25, -0.2) is 4.79 Å². The Morgan fingerprint density at radius 3 is 2.50 bits per heavy atom. The number of aliphatic carboxylic acids is 1. The van der Waals surface area contributed by atoms with Crippen LogP contribution in [0.2, 0.25) is 5.02 Å². The number of carbonyl (C=O) groups is 1. The third-order valence-corrected chi connectivity index (χ3v) is 5.70. The maximum atomic E-state index is 10.6. The van der Waals surface area contributed by atoms with Gasteiger partial charge in [-0.3, -0.25) is 0 Å². The second-order valence-corrected chi connectivity index (χ2v) is 7.74. The van der Waals surface area contributed by atoms with E-state index in [9.17, 15) is 4.79 Å². The fraction of sp³-hybridized carbons (Fsp3) is 0.125. The molecular weight excluding hydrogens is 420 g/mol. The van der Waals surface area contributed by atoms with E-state index in [2.05, 4.69) is 18.2 Å². The molecule has 30 heavy (non-hydrogen) atoms. The van der Waals surface area contributed by atoms with Crippen molar-refractivity contribution in [1.29, 1.82) is 0 Å². The van der Waals surface area contributed by atoms with E-state index in [-0.39, 0.29) is 0 Å². The third kappa shape index (κ3) is 5.81. The molecule has 3 rings (SSSR count). The van der Waals surface area contributed by atoms with E-state index in [1.807, 2.05) is 48.5 Å². The van der Waals surface area contributed by atoms with Gasteiger partial charge in [-0.2, -0.15) is 0 Å². The Labute approximate surface area is 185 Å². The highest BCUT2D eigenvalue weighted by atomic mass is 35.5. The monoisotopic (exact) mass is 440 g/mol. The largest absolute Gasteiger partial charge is 0.496 e. The van der Waals surface area contributed by atoms with E-state index in [0.29, 0.717) is 16.5 Å². The smallest absolute Gasteiger partial charge is 0.341 e. The average Bonchev–Trinajstić information content (AvgIpc) is 2.77. The summed E-state index contributed by atoms with van der Waals surface area (Å²) >= 11 is 7.94. The molecule has 4 nitrogen and oxygen atoms in total. The number of benzene rings is 3. The maximum absolute atomic E-state index is 10.6. The quantitative estimate of drug-likeness (QED) is 0.411. The van der Waals surface area contributed by atoms with Crippen molar-refractivity contribution in [2.75, 3.05) is 19.5 Å². The summed E-state index contributed by atoms with van der Waals surface area (Å²) in [6, 6.07) is 23.3. The topological polar surface area (TPSA) is 55.8 Å². The standard InChI is InChI=1S/C24H21ClO4S/c1-28-22-10-6-5-9-20(22)19(17-7-3-2-4-8-17)13-14-30-23-12-11-18(15-21(23)25)29-16-24(26)27/h2-13,15H,14,16H2,1H3,(H,26,27)/b19-13-. The van der Waals surface area contributed by atoms with Crippen molar-refractivity contribution >= 4 is 34.9 Å². The molecule has 3 aromatic carbocycles. The number of ether oxygens (including phenoxy) is 2. The van der Waals surface area contributed by atoms with Crippen LogP contribution in [0.25, 0.3) is 5.57 Å². The summed E-state index contributed by atoms with van der Waals surface area (Å²) in [7, 11) is 1.67. The van der Waals surface area contributed by atoms with E-state index < -0.39 is 12.6 Å². The number of carboxylic acid groups (broad SMARTS) is 1. The van der Waals surface area contributed by atoms with Crippen molar-refractivity contribution in [2.24, 2.45) is 0 Å². The van der Waals surface area contributed by atoms with Crippen LogP contribution in [-0.4, -0.2) is 30.5 Å². The lowest BCUT2D eigenvalue weighted by atomic mass is 9.97. The number of methoxy groups -OCH3 is 1. The van der Waals surface area contributed by atoms with Gasteiger partial charge in [-0.1, -0.05) is 66.2 Å². The first kappa shape index (κ1) is 21.8. The lowest BCUT2D eigenvalue weighted by Gasteiger charge is -2.13. The number of carboxylic acids is 1. The fourth-order valence-corrected chi connectivity index (χ4v) is 4.04. The first-order chi connectivity index (χ1) is 14.6. The lowest BCUT2D eigenvalue weighted by Crippen LogP contribution is -2.09. The van der Waals surface area contributed by atoms with Crippen molar-refractivity contribution in [1.82, 2.24) is 0 Å². The Balaban J connectivity index is 1.81. The number of hydrogen-bond donors (Lipinski definition) is 1. The summed E-state index contributed by atoms with van der Waals surface area (Å²) < 4.78 is 10.7. The molecule has 0 aliphatic heterocycles. The van der Waals surface area contributed by atoms with Crippen LogP contribution in [-0.2, 0) is 4.79 Å². The molecule has 0 aromatic heterocycles. The molecule has 0 radical (unpaired) electrons. The minimum absolute atomic E-state index is 0.398. The molecule has 0 bridgehead atoms. The molecule has 0 spiro atoms. The Bertz CT molecular complexity index is 1030. The van der Waals surface area contributed by atoms with Gasteiger partial charge in [0, 0.05) is 16.2 Å². The van der Waals surface area contributed by atoms with Crippen LogP contribution >= 0.6 is 23.4 Å². The summed E-state index contributed by atoms with van der Waals surface area (Å²) in [5, 5.41) is 9.24. The molecule has 0 saturated heterocycles. The Morgan fingerprint density at radius 2 is 1.80 bits per heavy atom. The van der Waals surface area contributed by atoms with Crippen molar-refractivity contribution < 1.29 is 19.4 Å². The van der Waals surface area contributed by atoms with Gasteiger partial charge in [-0.15, -0.1) is 11.8 Å². The van der Waals surface area contributed by atoms with Crippen LogP contribution in [0.5, 0.6) is 11.5 Å². The summed E-state index contributed by atoms with van der Waals surface area (Å²) in [5.41, 5.74) is 3.21. The maximum Gasteiger partial charge on any atom is 0.341 e. The first-order valence-corrected chi connectivity index (χ1v) is 10.6. The van der Waals surface area contributed by atoms with E-state index in [4.69, 9.17) is 26.2 Å². The number of rotatable bonds is 9. The van der Waals surface area contributed by atoms with Gasteiger partial charge in [0.2, 0.25) is 0 Å². The zero-order chi connectivity index (χ0) is 21.3. The van der Waals surface area contributed by atoms with Crippen molar-refractivity contribution in [3.8, 4) is 11.5 Å². The predicted molar refractivity (Wildman–Crippen MR) is 122 cm³/mol. The van der Waals surface area contributed by atoms with Crippen LogP contribution in [0.1, 0.15) is 11.1 Å². The number of halogens is 1. The summed E-state index contributed by atoms with van der Waals surface area (Å²) in [4.78, 5) is 11.5. The molecular formula is C24H21ClO4S. The van der Waals surface area contributed by atoms with Crippen LogP contribution in [0.4, 0.5) is 0 Å². The Hall–Kier alpha value is -2.89. The first-order valence-electron chi connectivity index (χ1n) is 9.24. The Kier molecular flexibility index (Phi) is 7.82. The van der Waals surface area contributed by atoms with E-state index in [1.165, 1.54) is 0 Å². The third-order valence-electron chi connectivity index (χ3n) is 4.27. The van der Waals surface area contributed by atoms with Crippen LogP contribution in [0, 0.1) is 0 Å². The predicted octanol–water partition coefficient (Wildman–Crippen LogP) is 6.04. The van der Waals surface area contributed by atoms with Crippen molar-refractivity contribution in [3.05, 3.63) is 95.0 Å². The molecule has 0 aliphatic carbocycles. The second-order valence-electron chi connectivity index (χ2n) is 6.27. The molecule has 0 atom stereocenters. The number of para-hydroxylation sites is 1. The normalized spacial score (nSPS) is 11.2. The van der Waals surface area contributed by atoms with Crippen LogP contribution in [0.3, 0.4) is 0 Å². The molecule has 0 saturated carbocycles. The second kappa shape index (κ2) is 10.8. The van der Waals surface area contributed by atoms with Gasteiger partial charge in [0.15, 0.2) is 6.61 Å². The highest BCUT2D eigenvalue weighted by Gasteiger charge is 2.11. The van der Waals surface area contributed by atoms with Crippen LogP contribution < -0.4 is 9.47 Å². The van der Waals surface area contributed by atoms with Gasteiger partial charge in [0.25, 0.3) is 0 Å². The van der Waals surface area contributed by atoms with Gasteiger partial charge in [0.1, 0.15) is 11.5 Å². The average molecular weight is 441 g/mol. The van der Waals surface area contributed by atoms with Gasteiger partial charge in [-0.05, 0) is 35.4 Å². The minimum atomic E-state index is -1.03. The molecule has 1 N–H and O–H groups in total. The lowest BCUT2D eigenvalue weighted by molar-refractivity contribution is -0.139. The fourth-order valence-electron chi connectivity index (χ4n) is 2.92. The molecule has 6 heteroatoms. The molecule has 0 heterocycles. The SMILES string of the molecule is COc1ccccc1/C(=C\CSc1ccc(OCC(=O)O)cc1Cl)c1ccccc1. The molecule has 0 amide bonds. The highest BCUT2D eigenvalue weighted by molar-refractivity contribution is 7.99. The van der Waals surface area contributed by atoms with Crippen LogP contribution in [0.15, 0.2) is 83.8 Å². The molecule has 0 fully saturated rings. The zero-order valence-corrected chi connectivity index (χ0v) is 18.0. The summed E-state index contributed by atoms with van der Waals surface area (Å²) in [6.45, 7) is -0.398.